The Bertz CT molecular complexity index is 377. The van der Waals surface area contributed by atoms with Crippen LogP contribution in [0, 0.1) is 0 Å². The summed E-state index contributed by atoms with van der Waals surface area (Å²) in [7, 11) is 0. The molecule has 2 heterocycles. The minimum atomic E-state index is -0.316. The van der Waals surface area contributed by atoms with Crippen LogP contribution in [0.3, 0.4) is 0 Å². The zero-order valence-electron chi connectivity index (χ0n) is 8.97. The normalized spacial score (nSPS) is 20.1. The van der Waals surface area contributed by atoms with E-state index >= 15 is 0 Å². The summed E-state index contributed by atoms with van der Waals surface area (Å²) in [6, 6.07) is -0.274. The van der Waals surface area contributed by atoms with Gasteiger partial charge in [-0.2, -0.15) is 0 Å². The number of hydrogen-bond acceptors (Lipinski definition) is 5. The van der Waals surface area contributed by atoms with Crippen LogP contribution >= 0.6 is 0 Å². The van der Waals surface area contributed by atoms with Crippen LogP contribution in [-0.4, -0.2) is 28.5 Å². The van der Waals surface area contributed by atoms with E-state index in [1.807, 2.05) is 4.90 Å². The average molecular weight is 221 g/mol. The van der Waals surface area contributed by atoms with Crippen molar-refractivity contribution in [2.75, 3.05) is 11.4 Å². The Balaban J connectivity index is 2.19. The first kappa shape index (κ1) is 10.8. The van der Waals surface area contributed by atoms with E-state index in [0.717, 1.165) is 24.9 Å². The Morgan fingerprint density at radius 2 is 2.19 bits per heavy atom. The van der Waals surface area contributed by atoms with Crippen LogP contribution in [0.25, 0.3) is 0 Å². The van der Waals surface area contributed by atoms with Gasteiger partial charge in [-0.3, -0.25) is 4.79 Å². The maximum atomic E-state index is 11.2. The molecular weight excluding hydrogens is 206 g/mol. The summed E-state index contributed by atoms with van der Waals surface area (Å²) in [5.41, 5.74) is 11.7. The molecular formula is C10H15N5O. The largest absolute Gasteiger partial charge is 0.368 e. The molecule has 0 saturated carbocycles. The predicted octanol–water partition coefficient (Wildman–Crippen LogP) is -0.611. The zero-order valence-corrected chi connectivity index (χ0v) is 8.97. The van der Waals surface area contributed by atoms with E-state index < -0.39 is 0 Å². The standard InChI is InChI=1S/C10H15N5O/c11-4-7-5-13-10(14-6-7)15-3-1-2-8(15)9(12)16/h5-6,8H,1-4,11H2,(H2,12,16). The lowest BCUT2D eigenvalue weighted by molar-refractivity contribution is -0.119. The predicted molar refractivity (Wildman–Crippen MR) is 59.5 cm³/mol. The minimum Gasteiger partial charge on any atom is -0.368 e. The van der Waals surface area contributed by atoms with Crippen LogP contribution in [0.2, 0.25) is 0 Å². The van der Waals surface area contributed by atoms with E-state index in [-0.39, 0.29) is 11.9 Å². The number of aromatic nitrogens is 2. The molecule has 0 aromatic carbocycles. The van der Waals surface area contributed by atoms with Gasteiger partial charge in [-0.1, -0.05) is 0 Å². The number of nitrogens with zero attached hydrogens (tertiary/aromatic N) is 3. The molecule has 0 radical (unpaired) electrons. The van der Waals surface area contributed by atoms with Crippen LogP contribution in [0.1, 0.15) is 18.4 Å². The van der Waals surface area contributed by atoms with Gasteiger partial charge in [-0.15, -0.1) is 0 Å². The van der Waals surface area contributed by atoms with Gasteiger partial charge in [-0.25, -0.2) is 9.97 Å². The van der Waals surface area contributed by atoms with E-state index in [9.17, 15) is 4.79 Å². The quantitative estimate of drug-likeness (QED) is 0.709. The summed E-state index contributed by atoms with van der Waals surface area (Å²) in [6.07, 6.45) is 5.07. The van der Waals surface area contributed by atoms with E-state index in [0.29, 0.717) is 12.5 Å². The Hall–Kier alpha value is -1.69. The molecule has 1 aromatic heterocycles. The van der Waals surface area contributed by atoms with Crippen molar-refractivity contribution in [3.8, 4) is 0 Å². The number of amides is 1. The molecule has 86 valence electrons. The summed E-state index contributed by atoms with van der Waals surface area (Å²) in [5, 5.41) is 0. The lowest BCUT2D eigenvalue weighted by Crippen LogP contribution is -2.41. The van der Waals surface area contributed by atoms with Crippen molar-refractivity contribution in [3.05, 3.63) is 18.0 Å². The first-order valence-electron chi connectivity index (χ1n) is 5.29. The monoisotopic (exact) mass is 221 g/mol. The van der Waals surface area contributed by atoms with Crippen LogP contribution in [0.4, 0.5) is 5.95 Å². The first-order valence-corrected chi connectivity index (χ1v) is 5.29. The number of nitrogens with two attached hydrogens (primary N) is 2. The van der Waals surface area contributed by atoms with Gasteiger partial charge in [0, 0.05) is 31.0 Å². The molecule has 1 aliphatic heterocycles. The van der Waals surface area contributed by atoms with Crippen LogP contribution in [0.15, 0.2) is 12.4 Å². The minimum absolute atomic E-state index is 0.274. The van der Waals surface area contributed by atoms with Gasteiger partial charge >= 0.3 is 0 Å². The van der Waals surface area contributed by atoms with Crippen molar-refractivity contribution in [2.45, 2.75) is 25.4 Å². The molecule has 1 atom stereocenters. The molecule has 1 amide bonds. The van der Waals surface area contributed by atoms with E-state index in [4.69, 9.17) is 11.5 Å². The number of rotatable bonds is 3. The third kappa shape index (κ3) is 1.96. The Morgan fingerprint density at radius 1 is 1.50 bits per heavy atom. The van der Waals surface area contributed by atoms with Gasteiger partial charge in [-0.05, 0) is 12.8 Å². The zero-order chi connectivity index (χ0) is 11.5. The Labute approximate surface area is 93.7 Å². The number of carbonyl (C=O) groups is 1. The SMILES string of the molecule is NCc1cnc(N2CCCC2C(N)=O)nc1. The highest BCUT2D eigenvalue weighted by molar-refractivity contribution is 5.83. The summed E-state index contributed by atoms with van der Waals surface area (Å²) < 4.78 is 0. The number of carbonyl (C=O) groups excluding carboxylic acids is 1. The van der Waals surface area contributed by atoms with Crippen molar-refractivity contribution in [2.24, 2.45) is 11.5 Å². The van der Waals surface area contributed by atoms with Crippen LogP contribution in [0.5, 0.6) is 0 Å². The number of hydrogen-bond donors (Lipinski definition) is 2. The third-order valence-electron chi connectivity index (χ3n) is 2.77. The van der Waals surface area contributed by atoms with Crippen molar-refractivity contribution in [1.29, 1.82) is 0 Å². The average Bonchev–Trinajstić information content (AvgIpc) is 2.78. The maximum Gasteiger partial charge on any atom is 0.240 e. The third-order valence-corrected chi connectivity index (χ3v) is 2.77. The second-order valence-corrected chi connectivity index (χ2v) is 3.85. The van der Waals surface area contributed by atoms with Crippen molar-refractivity contribution in [3.63, 3.8) is 0 Å². The molecule has 0 aliphatic carbocycles. The van der Waals surface area contributed by atoms with Crippen LogP contribution < -0.4 is 16.4 Å². The van der Waals surface area contributed by atoms with E-state index in [2.05, 4.69) is 9.97 Å². The fourth-order valence-corrected chi connectivity index (χ4v) is 1.90. The maximum absolute atomic E-state index is 11.2. The van der Waals surface area contributed by atoms with Crippen LogP contribution in [-0.2, 0) is 11.3 Å². The first-order chi connectivity index (χ1) is 7.72. The lowest BCUT2D eigenvalue weighted by atomic mass is 10.2. The molecule has 1 unspecified atom stereocenters. The molecule has 4 N–H and O–H groups in total. The van der Waals surface area contributed by atoms with Gasteiger partial charge < -0.3 is 16.4 Å². The molecule has 16 heavy (non-hydrogen) atoms. The second kappa shape index (κ2) is 4.44. The van der Waals surface area contributed by atoms with Gasteiger partial charge in [0.05, 0.1) is 0 Å². The molecule has 6 heteroatoms. The number of anilines is 1. The van der Waals surface area contributed by atoms with Crippen molar-refractivity contribution >= 4 is 11.9 Å². The molecule has 2 rings (SSSR count). The smallest absolute Gasteiger partial charge is 0.240 e. The molecule has 0 bridgehead atoms. The highest BCUT2D eigenvalue weighted by Gasteiger charge is 2.30. The molecule has 1 saturated heterocycles. The van der Waals surface area contributed by atoms with E-state index in [1.54, 1.807) is 12.4 Å². The fraction of sp³-hybridized carbons (Fsp3) is 0.500. The van der Waals surface area contributed by atoms with Gasteiger partial charge in [0.1, 0.15) is 6.04 Å². The summed E-state index contributed by atoms with van der Waals surface area (Å²) in [5.74, 6) is 0.238. The van der Waals surface area contributed by atoms with Crippen molar-refractivity contribution in [1.82, 2.24) is 9.97 Å². The summed E-state index contributed by atoms with van der Waals surface area (Å²) >= 11 is 0. The second-order valence-electron chi connectivity index (χ2n) is 3.85. The molecule has 1 aliphatic rings. The van der Waals surface area contributed by atoms with Gasteiger partial charge in [0.15, 0.2) is 0 Å². The topological polar surface area (TPSA) is 98.1 Å². The fourth-order valence-electron chi connectivity index (χ4n) is 1.90. The van der Waals surface area contributed by atoms with Crippen molar-refractivity contribution < 1.29 is 4.79 Å². The highest BCUT2D eigenvalue weighted by Crippen LogP contribution is 2.21. The molecule has 1 fully saturated rings. The number of primary amides is 1. The van der Waals surface area contributed by atoms with Gasteiger partial charge in [0.2, 0.25) is 11.9 Å². The summed E-state index contributed by atoms with van der Waals surface area (Å²) in [6.45, 7) is 1.19. The molecule has 1 aromatic rings. The highest BCUT2D eigenvalue weighted by atomic mass is 16.1. The van der Waals surface area contributed by atoms with E-state index in [1.165, 1.54) is 0 Å². The molecule has 0 spiro atoms. The summed E-state index contributed by atoms with van der Waals surface area (Å²) in [4.78, 5) is 21.4. The lowest BCUT2D eigenvalue weighted by Gasteiger charge is -2.21. The molecule has 6 nitrogen and oxygen atoms in total. The Morgan fingerprint density at radius 3 is 2.75 bits per heavy atom. The van der Waals surface area contributed by atoms with Gasteiger partial charge in [0.25, 0.3) is 0 Å². The Kier molecular flexibility index (Phi) is 3.00.